The van der Waals surface area contributed by atoms with Crippen molar-refractivity contribution in [2.75, 3.05) is 24.1 Å². The Morgan fingerprint density at radius 1 is 1.33 bits per heavy atom. The summed E-state index contributed by atoms with van der Waals surface area (Å²) in [6.45, 7) is 3.22. The van der Waals surface area contributed by atoms with E-state index in [1.54, 1.807) is 0 Å². The molecule has 1 rings (SSSR count). The average molecular weight is 207 g/mol. The summed E-state index contributed by atoms with van der Waals surface area (Å²) in [5, 5.41) is 5.89. The molecule has 15 heavy (non-hydrogen) atoms. The maximum atomic E-state index is 11.1. The lowest BCUT2D eigenvalue weighted by atomic mass is 10.3. The molecule has 0 unspecified atom stereocenters. The lowest BCUT2D eigenvalue weighted by Crippen LogP contribution is -2.24. The highest BCUT2D eigenvalue weighted by Crippen LogP contribution is 2.09. The molecular formula is C11H17N3O. The minimum atomic E-state index is 0.0699. The standard InChI is InChI=1S/C11H17N3O/c1-2-13-11(15)7-8-14-10-5-3-9(12)4-6-10/h3-6,14H,2,7-8,12H2,1H3,(H,13,15). The molecular weight excluding hydrogens is 190 g/mol. The normalized spacial score (nSPS) is 9.67. The lowest BCUT2D eigenvalue weighted by molar-refractivity contribution is -0.120. The first kappa shape index (κ1) is 11.4. The number of hydrogen-bond acceptors (Lipinski definition) is 3. The summed E-state index contributed by atoms with van der Waals surface area (Å²) >= 11 is 0. The number of nitrogen functional groups attached to an aromatic ring is 1. The number of anilines is 2. The first-order chi connectivity index (χ1) is 7.22. The smallest absolute Gasteiger partial charge is 0.221 e. The van der Waals surface area contributed by atoms with Crippen LogP contribution < -0.4 is 16.4 Å². The summed E-state index contributed by atoms with van der Waals surface area (Å²) in [6, 6.07) is 7.45. The third-order valence-corrected chi connectivity index (χ3v) is 1.97. The van der Waals surface area contributed by atoms with Gasteiger partial charge in [0.25, 0.3) is 0 Å². The van der Waals surface area contributed by atoms with Crippen molar-refractivity contribution in [3.05, 3.63) is 24.3 Å². The molecule has 0 saturated heterocycles. The second-order valence-electron chi connectivity index (χ2n) is 3.25. The van der Waals surface area contributed by atoms with Gasteiger partial charge in [0.15, 0.2) is 0 Å². The fraction of sp³-hybridized carbons (Fsp3) is 0.364. The van der Waals surface area contributed by atoms with Crippen LogP contribution in [0.15, 0.2) is 24.3 Å². The van der Waals surface area contributed by atoms with Crippen LogP contribution >= 0.6 is 0 Å². The van der Waals surface area contributed by atoms with Crippen LogP contribution in [0.25, 0.3) is 0 Å². The van der Waals surface area contributed by atoms with Crippen molar-refractivity contribution in [2.24, 2.45) is 0 Å². The number of hydrogen-bond donors (Lipinski definition) is 3. The van der Waals surface area contributed by atoms with Gasteiger partial charge in [-0.25, -0.2) is 0 Å². The van der Waals surface area contributed by atoms with Gasteiger partial charge < -0.3 is 16.4 Å². The van der Waals surface area contributed by atoms with E-state index < -0.39 is 0 Å². The fourth-order valence-electron chi connectivity index (χ4n) is 1.21. The van der Waals surface area contributed by atoms with Crippen molar-refractivity contribution in [3.8, 4) is 0 Å². The zero-order valence-electron chi connectivity index (χ0n) is 8.92. The van der Waals surface area contributed by atoms with Gasteiger partial charge in [-0.15, -0.1) is 0 Å². The van der Waals surface area contributed by atoms with Crippen LogP contribution in [0.1, 0.15) is 13.3 Å². The third-order valence-electron chi connectivity index (χ3n) is 1.97. The van der Waals surface area contributed by atoms with Gasteiger partial charge in [-0.2, -0.15) is 0 Å². The molecule has 1 aromatic rings. The molecule has 0 heterocycles. The molecule has 4 heteroatoms. The van der Waals surface area contributed by atoms with E-state index in [0.29, 0.717) is 19.5 Å². The molecule has 4 nitrogen and oxygen atoms in total. The number of carbonyl (C=O) groups excluding carboxylic acids is 1. The van der Waals surface area contributed by atoms with Crippen LogP contribution in [0.5, 0.6) is 0 Å². The number of carbonyl (C=O) groups is 1. The first-order valence-electron chi connectivity index (χ1n) is 5.08. The summed E-state index contributed by atoms with van der Waals surface area (Å²) < 4.78 is 0. The Kier molecular flexibility index (Phi) is 4.47. The molecule has 0 radical (unpaired) electrons. The molecule has 1 amide bonds. The van der Waals surface area contributed by atoms with Crippen LogP contribution in [-0.2, 0) is 4.79 Å². The molecule has 0 fully saturated rings. The Bertz CT molecular complexity index is 308. The van der Waals surface area contributed by atoms with E-state index in [-0.39, 0.29) is 5.91 Å². The second kappa shape index (κ2) is 5.90. The van der Waals surface area contributed by atoms with Crippen molar-refractivity contribution in [2.45, 2.75) is 13.3 Å². The van der Waals surface area contributed by atoms with E-state index in [0.717, 1.165) is 11.4 Å². The molecule has 0 aliphatic carbocycles. The predicted molar refractivity (Wildman–Crippen MR) is 62.6 cm³/mol. The van der Waals surface area contributed by atoms with Crippen LogP contribution in [0.3, 0.4) is 0 Å². The third kappa shape index (κ3) is 4.35. The highest BCUT2D eigenvalue weighted by Gasteiger charge is 1.98. The van der Waals surface area contributed by atoms with Gasteiger partial charge in [0, 0.05) is 30.9 Å². The molecule has 82 valence electrons. The molecule has 0 spiro atoms. The zero-order chi connectivity index (χ0) is 11.1. The van der Waals surface area contributed by atoms with E-state index in [1.165, 1.54) is 0 Å². The van der Waals surface area contributed by atoms with Gasteiger partial charge in [0.1, 0.15) is 0 Å². The fourth-order valence-corrected chi connectivity index (χ4v) is 1.21. The van der Waals surface area contributed by atoms with Crippen molar-refractivity contribution in [1.29, 1.82) is 0 Å². The van der Waals surface area contributed by atoms with E-state index in [1.807, 2.05) is 31.2 Å². The maximum Gasteiger partial charge on any atom is 0.221 e. The SMILES string of the molecule is CCNC(=O)CCNc1ccc(N)cc1. The molecule has 0 saturated carbocycles. The average Bonchev–Trinajstić information content (AvgIpc) is 2.21. The predicted octanol–water partition coefficient (Wildman–Crippen LogP) is 1.21. The van der Waals surface area contributed by atoms with Crippen LogP contribution in [0, 0.1) is 0 Å². The molecule has 0 aromatic heterocycles. The van der Waals surface area contributed by atoms with Crippen LogP contribution in [-0.4, -0.2) is 19.0 Å². The number of amides is 1. The quantitative estimate of drug-likeness (QED) is 0.636. The minimum Gasteiger partial charge on any atom is -0.399 e. The van der Waals surface area contributed by atoms with Crippen molar-refractivity contribution in [1.82, 2.24) is 5.32 Å². The topological polar surface area (TPSA) is 67.2 Å². The lowest BCUT2D eigenvalue weighted by Gasteiger charge is -2.06. The summed E-state index contributed by atoms with van der Waals surface area (Å²) in [7, 11) is 0. The van der Waals surface area contributed by atoms with Gasteiger partial charge in [-0.05, 0) is 31.2 Å². The Hall–Kier alpha value is -1.71. The number of rotatable bonds is 5. The number of benzene rings is 1. The first-order valence-corrected chi connectivity index (χ1v) is 5.08. The van der Waals surface area contributed by atoms with Gasteiger partial charge >= 0.3 is 0 Å². The minimum absolute atomic E-state index is 0.0699. The van der Waals surface area contributed by atoms with Gasteiger partial charge in [-0.3, -0.25) is 4.79 Å². The maximum absolute atomic E-state index is 11.1. The molecule has 4 N–H and O–H groups in total. The van der Waals surface area contributed by atoms with Crippen LogP contribution in [0.4, 0.5) is 11.4 Å². The van der Waals surface area contributed by atoms with Crippen LogP contribution in [0.2, 0.25) is 0 Å². The van der Waals surface area contributed by atoms with Crippen molar-refractivity contribution >= 4 is 17.3 Å². The van der Waals surface area contributed by atoms with Crippen molar-refractivity contribution in [3.63, 3.8) is 0 Å². The summed E-state index contributed by atoms with van der Waals surface area (Å²) in [5.41, 5.74) is 7.27. The summed E-state index contributed by atoms with van der Waals surface area (Å²) in [6.07, 6.45) is 0.484. The van der Waals surface area contributed by atoms with Gasteiger partial charge in [0.2, 0.25) is 5.91 Å². The largest absolute Gasteiger partial charge is 0.399 e. The summed E-state index contributed by atoms with van der Waals surface area (Å²) in [4.78, 5) is 11.1. The summed E-state index contributed by atoms with van der Waals surface area (Å²) in [5.74, 6) is 0.0699. The molecule has 0 aliphatic heterocycles. The Morgan fingerprint density at radius 3 is 2.60 bits per heavy atom. The second-order valence-corrected chi connectivity index (χ2v) is 3.25. The molecule has 1 aromatic carbocycles. The molecule has 0 atom stereocenters. The Balaban J connectivity index is 2.26. The Labute approximate surface area is 89.9 Å². The van der Waals surface area contributed by atoms with E-state index >= 15 is 0 Å². The van der Waals surface area contributed by atoms with E-state index in [4.69, 9.17) is 5.73 Å². The van der Waals surface area contributed by atoms with Gasteiger partial charge in [-0.1, -0.05) is 0 Å². The monoisotopic (exact) mass is 207 g/mol. The zero-order valence-corrected chi connectivity index (χ0v) is 8.92. The highest BCUT2D eigenvalue weighted by atomic mass is 16.1. The van der Waals surface area contributed by atoms with E-state index in [2.05, 4.69) is 10.6 Å². The van der Waals surface area contributed by atoms with Crippen molar-refractivity contribution < 1.29 is 4.79 Å². The molecule has 0 aliphatic rings. The number of nitrogens with one attached hydrogen (secondary N) is 2. The van der Waals surface area contributed by atoms with E-state index in [9.17, 15) is 4.79 Å². The molecule has 0 bridgehead atoms. The highest BCUT2D eigenvalue weighted by molar-refractivity contribution is 5.76. The van der Waals surface area contributed by atoms with Gasteiger partial charge in [0.05, 0.1) is 0 Å². The Morgan fingerprint density at radius 2 is 2.00 bits per heavy atom. The number of nitrogens with two attached hydrogens (primary N) is 1.